The highest BCUT2D eigenvalue weighted by molar-refractivity contribution is 7.16. The van der Waals surface area contributed by atoms with Crippen LogP contribution >= 0.6 is 11.3 Å². The topological polar surface area (TPSA) is 93.2 Å². The van der Waals surface area contributed by atoms with Crippen molar-refractivity contribution in [2.24, 2.45) is 0 Å². The molecule has 0 spiro atoms. The second kappa shape index (κ2) is 6.69. The lowest BCUT2D eigenvalue weighted by molar-refractivity contribution is -0.122. The zero-order valence-corrected chi connectivity index (χ0v) is 12.7. The Hall–Kier alpha value is -2.22. The molecule has 0 radical (unpaired) electrons. The van der Waals surface area contributed by atoms with Crippen LogP contribution in [0.5, 0.6) is 5.88 Å². The highest BCUT2D eigenvalue weighted by Crippen LogP contribution is 2.25. The lowest BCUT2D eigenvalue weighted by Crippen LogP contribution is -2.45. The highest BCUT2D eigenvalue weighted by Gasteiger charge is 2.18. The molecule has 7 nitrogen and oxygen atoms in total. The standard InChI is InChI=1S/C14H16N4O3S/c19-11(18-14(20)17-9-3-1-2-4-9)7-21-12-10-5-6-22-13(10)16-8-15-12/h5-6,8-9H,1-4,7H2,(H2,17,18,19,20). The fourth-order valence-electron chi connectivity index (χ4n) is 2.47. The van der Waals surface area contributed by atoms with E-state index in [1.165, 1.54) is 17.7 Å². The molecular formula is C14H16N4O3S. The summed E-state index contributed by atoms with van der Waals surface area (Å²) < 4.78 is 5.37. The summed E-state index contributed by atoms with van der Waals surface area (Å²) in [6, 6.07) is 1.53. The van der Waals surface area contributed by atoms with E-state index in [0.29, 0.717) is 5.88 Å². The summed E-state index contributed by atoms with van der Waals surface area (Å²) >= 11 is 1.47. The first-order valence-electron chi connectivity index (χ1n) is 7.14. The molecule has 0 saturated heterocycles. The monoisotopic (exact) mass is 320 g/mol. The van der Waals surface area contributed by atoms with E-state index in [4.69, 9.17) is 4.74 Å². The molecule has 8 heteroatoms. The van der Waals surface area contributed by atoms with Crippen molar-refractivity contribution < 1.29 is 14.3 Å². The Morgan fingerprint density at radius 1 is 1.32 bits per heavy atom. The Bertz CT molecular complexity index is 682. The van der Waals surface area contributed by atoms with Gasteiger partial charge in [-0.25, -0.2) is 14.8 Å². The number of thiophene rings is 1. The van der Waals surface area contributed by atoms with Gasteiger partial charge in [0.05, 0.1) is 5.39 Å². The Morgan fingerprint density at radius 3 is 2.95 bits per heavy atom. The quantitative estimate of drug-likeness (QED) is 0.896. The molecule has 2 aromatic rings. The molecule has 22 heavy (non-hydrogen) atoms. The molecular weight excluding hydrogens is 304 g/mol. The second-order valence-electron chi connectivity index (χ2n) is 5.11. The number of hydrogen-bond donors (Lipinski definition) is 2. The van der Waals surface area contributed by atoms with Crippen molar-refractivity contribution in [2.75, 3.05) is 6.61 Å². The van der Waals surface area contributed by atoms with Crippen LogP contribution in [0.1, 0.15) is 25.7 Å². The van der Waals surface area contributed by atoms with Crippen molar-refractivity contribution >= 4 is 33.5 Å². The number of nitrogens with zero attached hydrogens (tertiary/aromatic N) is 2. The summed E-state index contributed by atoms with van der Waals surface area (Å²) in [6.45, 7) is -0.264. The number of rotatable bonds is 4. The second-order valence-corrected chi connectivity index (χ2v) is 6.00. The van der Waals surface area contributed by atoms with Gasteiger partial charge < -0.3 is 10.1 Å². The lowest BCUT2D eigenvalue weighted by atomic mass is 10.2. The summed E-state index contributed by atoms with van der Waals surface area (Å²) in [5.41, 5.74) is 0. The number of hydrogen-bond acceptors (Lipinski definition) is 6. The fourth-order valence-corrected chi connectivity index (χ4v) is 3.19. The van der Waals surface area contributed by atoms with Crippen LogP contribution in [0.3, 0.4) is 0 Å². The van der Waals surface area contributed by atoms with E-state index in [2.05, 4.69) is 20.6 Å². The van der Waals surface area contributed by atoms with Crippen LogP contribution in [0, 0.1) is 0 Å². The number of carbonyl (C=O) groups excluding carboxylic acids is 2. The lowest BCUT2D eigenvalue weighted by Gasteiger charge is -2.12. The smallest absolute Gasteiger partial charge is 0.321 e. The Balaban J connectivity index is 1.49. The molecule has 1 aliphatic carbocycles. The van der Waals surface area contributed by atoms with E-state index in [1.54, 1.807) is 0 Å². The van der Waals surface area contributed by atoms with Gasteiger partial charge in [0.1, 0.15) is 11.2 Å². The van der Waals surface area contributed by atoms with Crippen molar-refractivity contribution in [3.8, 4) is 5.88 Å². The van der Waals surface area contributed by atoms with Gasteiger partial charge in [-0.15, -0.1) is 11.3 Å². The zero-order chi connectivity index (χ0) is 15.4. The van der Waals surface area contributed by atoms with Crippen LogP contribution < -0.4 is 15.4 Å². The third-order valence-electron chi connectivity index (χ3n) is 3.51. The van der Waals surface area contributed by atoms with Gasteiger partial charge in [0.25, 0.3) is 5.91 Å². The fraction of sp³-hybridized carbons (Fsp3) is 0.429. The number of nitrogens with one attached hydrogen (secondary N) is 2. The first-order chi connectivity index (χ1) is 10.7. The predicted molar refractivity (Wildman–Crippen MR) is 81.8 cm³/mol. The number of fused-ring (bicyclic) bond motifs is 1. The number of urea groups is 1. The first-order valence-corrected chi connectivity index (χ1v) is 8.01. The molecule has 2 N–H and O–H groups in total. The van der Waals surface area contributed by atoms with Gasteiger partial charge in [0.2, 0.25) is 5.88 Å². The Kier molecular flexibility index (Phi) is 4.47. The average molecular weight is 320 g/mol. The van der Waals surface area contributed by atoms with Crippen molar-refractivity contribution in [3.05, 3.63) is 17.8 Å². The van der Waals surface area contributed by atoms with Gasteiger partial charge >= 0.3 is 6.03 Å². The number of carbonyl (C=O) groups is 2. The number of imide groups is 1. The Labute approximate surface area is 131 Å². The highest BCUT2D eigenvalue weighted by atomic mass is 32.1. The van der Waals surface area contributed by atoms with E-state index >= 15 is 0 Å². The Morgan fingerprint density at radius 2 is 2.14 bits per heavy atom. The SMILES string of the molecule is O=C(COc1ncnc2sccc12)NC(=O)NC1CCCC1. The molecule has 0 aliphatic heterocycles. The minimum atomic E-state index is -0.502. The maximum atomic E-state index is 11.7. The number of ether oxygens (including phenoxy) is 1. The number of aromatic nitrogens is 2. The summed E-state index contributed by atoms with van der Waals surface area (Å²) in [5.74, 6) is -0.157. The summed E-state index contributed by atoms with van der Waals surface area (Å²) in [6.07, 6.45) is 5.56. The van der Waals surface area contributed by atoms with Crippen LogP contribution in [-0.2, 0) is 4.79 Å². The van der Waals surface area contributed by atoms with E-state index < -0.39 is 11.9 Å². The summed E-state index contributed by atoms with van der Waals surface area (Å²) in [5, 5.41) is 7.68. The average Bonchev–Trinajstić information content (AvgIpc) is 3.15. The van der Waals surface area contributed by atoms with E-state index in [0.717, 1.165) is 35.9 Å². The molecule has 1 aliphatic rings. The maximum absolute atomic E-state index is 11.7. The predicted octanol–water partition coefficient (Wildman–Crippen LogP) is 1.84. The van der Waals surface area contributed by atoms with Gasteiger partial charge in [0, 0.05) is 6.04 Å². The van der Waals surface area contributed by atoms with E-state index in [1.807, 2.05) is 11.4 Å². The van der Waals surface area contributed by atoms with Gasteiger partial charge in [-0.1, -0.05) is 12.8 Å². The molecule has 1 saturated carbocycles. The minimum Gasteiger partial charge on any atom is -0.467 e. The van der Waals surface area contributed by atoms with Crippen LogP contribution in [-0.4, -0.2) is 34.6 Å². The van der Waals surface area contributed by atoms with Gasteiger partial charge in [0.15, 0.2) is 6.61 Å². The third kappa shape index (κ3) is 3.51. The van der Waals surface area contributed by atoms with Crippen LogP contribution in [0.2, 0.25) is 0 Å². The minimum absolute atomic E-state index is 0.168. The van der Waals surface area contributed by atoms with Crippen LogP contribution in [0.25, 0.3) is 10.2 Å². The normalized spacial score (nSPS) is 14.9. The number of amides is 3. The van der Waals surface area contributed by atoms with Crippen molar-refractivity contribution in [3.63, 3.8) is 0 Å². The van der Waals surface area contributed by atoms with Gasteiger partial charge in [-0.2, -0.15) is 0 Å². The van der Waals surface area contributed by atoms with Crippen molar-refractivity contribution in [1.82, 2.24) is 20.6 Å². The molecule has 2 heterocycles. The van der Waals surface area contributed by atoms with E-state index in [-0.39, 0.29) is 12.6 Å². The van der Waals surface area contributed by atoms with Crippen LogP contribution in [0.15, 0.2) is 17.8 Å². The van der Waals surface area contributed by atoms with Crippen LogP contribution in [0.4, 0.5) is 4.79 Å². The maximum Gasteiger partial charge on any atom is 0.321 e. The molecule has 1 fully saturated rings. The zero-order valence-electron chi connectivity index (χ0n) is 11.9. The van der Waals surface area contributed by atoms with Crippen molar-refractivity contribution in [2.45, 2.75) is 31.7 Å². The van der Waals surface area contributed by atoms with E-state index in [9.17, 15) is 9.59 Å². The van der Waals surface area contributed by atoms with Gasteiger partial charge in [-0.3, -0.25) is 10.1 Å². The molecule has 0 bridgehead atoms. The largest absolute Gasteiger partial charge is 0.467 e. The molecule has 0 atom stereocenters. The van der Waals surface area contributed by atoms with Gasteiger partial charge in [-0.05, 0) is 24.3 Å². The summed E-state index contributed by atoms with van der Waals surface area (Å²) in [4.78, 5) is 32.3. The molecule has 0 aromatic carbocycles. The van der Waals surface area contributed by atoms with Crippen molar-refractivity contribution in [1.29, 1.82) is 0 Å². The molecule has 0 unspecified atom stereocenters. The molecule has 116 valence electrons. The third-order valence-corrected chi connectivity index (χ3v) is 4.33. The summed E-state index contributed by atoms with van der Waals surface area (Å²) in [7, 11) is 0. The molecule has 3 rings (SSSR count). The molecule has 2 aromatic heterocycles. The molecule has 3 amide bonds. The first kappa shape index (κ1) is 14.7.